The van der Waals surface area contributed by atoms with E-state index in [0.29, 0.717) is 5.56 Å². The normalized spacial score (nSPS) is 13.1. The molecule has 0 radical (unpaired) electrons. The molecule has 2 unspecified atom stereocenters. The van der Waals surface area contributed by atoms with Crippen LogP contribution in [-0.2, 0) is 23.9 Å². The Balaban J connectivity index is 2.81. The van der Waals surface area contributed by atoms with Gasteiger partial charge in [0, 0.05) is 0 Å². The lowest BCUT2D eigenvalue weighted by molar-refractivity contribution is -0.169. The number of ether oxygens (including phenoxy) is 2. The quantitative estimate of drug-likeness (QED) is 0.625. The molecule has 1 aromatic rings. The van der Waals surface area contributed by atoms with E-state index in [1.165, 1.54) is 19.1 Å². The van der Waals surface area contributed by atoms with E-state index in [1.54, 1.807) is 25.1 Å². The molecular formula is C14H16O6. The first kappa shape index (κ1) is 15.7. The number of carbonyl (C=O) groups is 3. The van der Waals surface area contributed by atoms with E-state index in [9.17, 15) is 14.4 Å². The SMILES string of the molecule is CCOC(=O)C(C)OC(=O)C(C(=O)O)c1ccccc1. The molecular weight excluding hydrogens is 264 g/mol. The van der Waals surface area contributed by atoms with Gasteiger partial charge in [-0.2, -0.15) is 0 Å². The molecule has 1 aromatic carbocycles. The zero-order chi connectivity index (χ0) is 15.1. The molecule has 0 fully saturated rings. The first-order valence-corrected chi connectivity index (χ1v) is 6.12. The fourth-order valence-electron chi connectivity index (χ4n) is 1.57. The average Bonchev–Trinajstić information content (AvgIpc) is 2.39. The highest BCUT2D eigenvalue weighted by atomic mass is 16.6. The minimum Gasteiger partial charge on any atom is -0.480 e. The van der Waals surface area contributed by atoms with Crippen molar-refractivity contribution < 1.29 is 29.0 Å². The van der Waals surface area contributed by atoms with E-state index in [4.69, 9.17) is 9.84 Å². The number of hydrogen-bond donors (Lipinski definition) is 1. The Morgan fingerprint density at radius 3 is 2.25 bits per heavy atom. The molecule has 1 rings (SSSR count). The number of carboxylic acid groups (broad SMARTS) is 1. The van der Waals surface area contributed by atoms with Crippen molar-refractivity contribution in [2.75, 3.05) is 6.61 Å². The van der Waals surface area contributed by atoms with Crippen molar-refractivity contribution in [3.63, 3.8) is 0 Å². The second-order valence-electron chi connectivity index (χ2n) is 4.01. The summed E-state index contributed by atoms with van der Waals surface area (Å²) in [5, 5.41) is 9.13. The van der Waals surface area contributed by atoms with Crippen LogP contribution in [0.1, 0.15) is 25.3 Å². The summed E-state index contributed by atoms with van der Waals surface area (Å²) in [5.74, 6) is -4.51. The van der Waals surface area contributed by atoms with Crippen LogP contribution in [0.25, 0.3) is 0 Å². The minimum absolute atomic E-state index is 0.155. The van der Waals surface area contributed by atoms with Gasteiger partial charge in [0.2, 0.25) is 0 Å². The van der Waals surface area contributed by atoms with Gasteiger partial charge in [0.05, 0.1) is 6.61 Å². The molecule has 108 valence electrons. The molecule has 1 N–H and O–H groups in total. The second kappa shape index (κ2) is 7.28. The van der Waals surface area contributed by atoms with E-state index >= 15 is 0 Å². The zero-order valence-corrected chi connectivity index (χ0v) is 11.2. The van der Waals surface area contributed by atoms with Crippen molar-refractivity contribution in [1.82, 2.24) is 0 Å². The van der Waals surface area contributed by atoms with Gasteiger partial charge in [0.25, 0.3) is 0 Å². The van der Waals surface area contributed by atoms with Crippen LogP contribution < -0.4 is 0 Å². The van der Waals surface area contributed by atoms with Crippen LogP contribution in [-0.4, -0.2) is 35.7 Å². The summed E-state index contributed by atoms with van der Waals surface area (Å²) in [5.41, 5.74) is 0.293. The molecule has 6 nitrogen and oxygen atoms in total. The molecule has 0 saturated heterocycles. The monoisotopic (exact) mass is 280 g/mol. The summed E-state index contributed by atoms with van der Waals surface area (Å²) in [7, 11) is 0. The molecule has 0 heterocycles. The Labute approximate surface area is 116 Å². The average molecular weight is 280 g/mol. The number of hydrogen-bond acceptors (Lipinski definition) is 5. The number of carboxylic acids is 1. The molecule has 0 bridgehead atoms. The predicted octanol–water partition coefficient (Wildman–Crippen LogP) is 1.35. The van der Waals surface area contributed by atoms with Crippen LogP contribution in [0.4, 0.5) is 0 Å². The van der Waals surface area contributed by atoms with Gasteiger partial charge in [-0.3, -0.25) is 9.59 Å². The molecule has 0 aliphatic rings. The number of benzene rings is 1. The largest absolute Gasteiger partial charge is 0.480 e. The lowest BCUT2D eigenvalue weighted by Crippen LogP contribution is -2.31. The van der Waals surface area contributed by atoms with Crippen molar-refractivity contribution >= 4 is 17.9 Å². The van der Waals surface area contributed by atoms with E-state index in [2.05, 4.69) is 4.74 Å². The summed E-state index contributed by atoms with van der Waals surface area (Å²) in [4.78, 5) is 34.5. The van der Waals surface area contributed by atoms with Crippen LogP contribution in [0.5, 0.6) is 0 Å². The van der Waals surface area contributed by atoms with Crippen LogP contribution >= 0.6 is 0 Å². The van der Waals surface area contributed by atoms with Crippen LogP contribution in [0.3, 0.4) is 0 Å². The molecule has 0 saturated carbocycles. The molecule has 0 aromatic heterocycles. The van der Waals surface area contributed by atoms with Gasteiger partial charge >= 0.3 is 17.9 Å². The van der Waals surface area contributed by atoms with E-state index in [0.717, 1.165) is 0 Å². The molecule has 0 amide bonds. The zero-order valence-electron chi connectivity index (χ0n) is 11.2. The summed E-state index contributed by atoms with van der Waals surface area (Å²) in [6.07, 6.45) is -1.15. The number of esters is 2. The highest BCUT2D eigenvalue weighted by molar-refractivity contribution is 6.00. The molecule has 0 aliphatic carbocycles. The Kier molecular flexibility index (Phi) is 5.71. The summed E-state index contributed by atoms with van der Waals surface area (Å²) in [6.45, 7) is 3.11. The lowest BCUT2D eigenvalue weighted by atomic mass is 9.99. The van der Waals surface area contributed by atoms with Crippen molar-refractivity contribution in [2.45, 2.75) is 25.9 Å². The molecule has 0 spiro atoms. The Hall–Kier alpha value is -2.37. The maximum Gasteiger partial charge on any atom is 0.347 e. The lowest BCUT2D eigenvalue weighted by Gasteiger charge is -2.16. The Morgan fingerprint density at radius 2 is 1.75 bits per heavy atom. The first-order chi connectivity index (χ1) is 9.47. The standard InChI is InChI=1S/C14H16O6/c1-3-19-13(17)9(2)20-14(18)11(12(15)16)10-7-5-4-6-8-10/h4-9,11H,3H2,1-2H3,(H,15,16). The third kappa shape index (κ3) is 4.08. The second-order valence-corrected chi connectivity index (χ2v) is 4.01. The molecule has 6 heteroatoms. The van der Waals surface area contributed by atoms with Crippen LogP contribution in [0.2, 0.25) is 0 Å². The van der Waals surface area contributed by atoms with Gasteiger partial charge in [-0.25, -0.2) is 4.79 Å². The maximum atomic E-state index is 11.9. The molecule has 20 heavy (non-hydrogen) atoms. The summed E-state index contributed by atoms with van der Waals surface area (Å²) in [6, 6.07) is 7.96. The topological polar surface area (TPSA) is 89.9 Å². The minimum atomic E-state index is -1.46. The van der Waals surface area contributed by atoms with Gasteiger partial charge in [0.15, 0.2) is 12.0 Å². The van der Waals surface area contributed by atoms with Crippen molar-refractivity contribution in [3.8, 4) is 0 Å². The first-order valence-electron chi connectivity index (χ1n) is 6.12. The maximum absolute atomic E-state index is 11.9. The smallest absolute Gasteiger partial charge is 0.347 e. The van der Waals surface area contributed by atoms with Gasteiger partial charge in [-0.1, -0.05) is 30.3 Å². The van der Waals surface area contributed by atoms with Gasteiger partial charge in [-0.05, 0) is 19.4 Å². The van der Waals surface area contributed by atoms with E-state index < -0.39 is 29.9 Å². The molecule has 2 atom stereocenters. The highest BCUT2D eigenvalue weighted by Crippen LogP contribution is 2.18. The summed E-state index contributed by atoms with van der Waals surface area (Å²) < 4.78 is 9.54. The third-order valence-electron chi connectivity index (χ3n) is 2.53. The van der Waals surface area contributed by atoms with Gasteiger partial charge in [-0.15, -0.1) is 0 Å². The Morgan fingerprint density at radius 1 is 1.15 bits per heavy atom. The molecule has 0 aliphatic heterocycles. The van der Waals surface area contributed by atoms with Crippen molar-refractivity contribution in [1.29, 1.82) is 0 Å². The number of carbonyl (C=O) groups excluding carboxylic acids is 2. The van der Waals surface area contributed by atoms with Crippen molar-refractivity contribution in [3.05, 3.63) is 35.9 Å². The number of aliphatic carboxylic acids is 1. The van der Waals surface area contributed by atoms with Crippen LogP contribution in [0, 0.1) is 0 Å². The Bertz CT molecular complexity index is 482. The third-order valence-corrected chi connectivity index (χ3v) is 2.53. The summed E-state index contributed by atoms with van der Waals surface area (Å²) >= 11 is 0. The highest BCUT2D eigenvalue weighted by Gasteiger charge is 2.32. The van der Waals surface area contributed by atoms with Gasteiger partial charge < -0.3 is 14.6 Å². The van der Waals surface area contributed by atoms with Gasteiger partial charge in [0.1, 0.15) is 0 Å². The number of rotatable bonds is 6. The fraction of sp³-hybridized carbons (Fsp3) is 0.357. The van der Waals surface area contributed by atoms with Crippen LogP contribution in [0.15, 0.2) is 30.3 Å². The fourth-order valence-corrected chi connectivity index (χ4v) is 1.57. The van der Waals surface area contributed by atoms with E-state index in [1.807, 2.05) is 0 Å². The van der Waals surface area contributed by atoms with E-state index in [-0.39, 0.29) is 6.61 Å². The predicted molar refractivity (Wildman–Crippen MR) is 69.0 cm³/mol. The van der Waals surface area contributed by atoms with Crippen molar-refractivity contribution in [2.24, 2.45) is 0 Å².